The molecule has 0 saturated carbocycles. The van der Waals surface area contributed by atoms with Crippen molar-refractivity contribution < 1.29 is 24.2 Å². The first kappa shape index (κ1) is 32.0. The van der Waals surface area contributed by atoms with Crippen LogP contribution in [0.5, 0.6) is 0 Å². The minimum absolute atomic E-state index is 0.0695. The van der Waals surface area contributed by atoms with Gasteiger partial charge in [0, 0.05) is 24.9 Å². The van der Waals surface area contributed by atoms with E-state index < -0.39 is 12.1 Å². The molecule has 0 aliphatic rings. The first-order chi connectivity index (χ1) is 16.1. The molecule has 1 aromatic heterocycles. The number of aromatic nitrogens is 1. The van der Waals surface area contributed by atoms with Gasteiger partial charge in [0.1, 0.15) is 11.1 Å². The van der Waals surface area contributed by atoms with E-state index in [9.17, 15) is 19.5 Å². The second-order valence-electron chi connectivity index (χ2n) is 8.44. The van der Waals surface area contributed by atoms with Crippen molar-refractivity contribution in [3.63, 3.8) is 0 Å². The number of aliphatic hydroxyl groups excluding tert-OH is 1. The van der Waals surface area contributed by atoms with Gasteiger partial charge in [0.25, 0.3) is 0 Å². The molecule has 0 bridgehead atoms. The van der Waals surface area contributed by atoms with Crippen molar-refractivity contribution in [1.29, 1.82) is 0 Å². The Morgan fingerprint density at radius 1 is 1.15 bits per heavy atom. The number of methoxy groups -OCH3 is 1. The van der Waals surface area contributed by atoms with E-state index in [1.54, 1.807) is 11.9 Å². The fourth-order valence-corrected chi connectivity index (χ4v) is 3.68. The van der Waals surface area contributed by atoms with Crippen molar-refractivity contribution in [2.24, 2.45) is 5.92 Å². The molecule has 10 heteroatoms. The Hall–Kier alpha value is -2.04. The molecule has 196 valence electrons. The normalized spacial score (nSPS) is 12.4. The van der Waals surface area contributed by atoms with E-state index in [-0.39, 0.29) is 49.0 Å². The maximum absolute atomic E-state index is 12.6. The number of carbonyl (C=O) groups is 3. The average Bonchev–Trinajstić information content (AvgIpc) is 3.33. The molecule has 34 heavy (non-hydrogen) atoms. The molecule has 0 fully saturated rings. The largest absolute Gasteiger partial charge is 0.464 e. The number of aliphatic hydroxyl groups is 1. The quantitative estimate of drug-likeness (QED) is 0.265. The fourth-order valence-electron chi connectivity index (χ4n) is 2.90. The van der Waals surface area contributed by atoms with E-state index >= 15 is 0 Å². The van der Waals surface area contributed by atoms with Crippen LogP contribution in [0.3, 0.4) is 0 Å². The maximum Gasteiger partial charge on any atom is 0.357 e. The first-order valence-electron chi connectivity index (χ1n) is 12.1. The van der Waals surface area contributed by atoms with E-state index in [0.717, 1.165) is 19.4 Å². The van der Waals surface area contributed by atoms with Gasteiger partial charge in [-0.25, -0.2) is 9.78 Å². The van der Waals surface area contributed by atoms with Gasteiger partial charge < -0.3 is 25.4 Å². The van der Waals surface area contributed by atoms with Crippen LogP contribution in [0.2, 0.25) is 0 Å². The lowest BCUT2D eigenvalue weighted by molar-refractivity contribution is -0.134. The number of hydrogen-bond acceptors (Lipinski definition) is 8. The zero-order valence-electron chi connectivity index (χ0n) is 21.8. The Balaban J connectivity index is 0.00000251. The number of amides is 2. The summed E-state index contributed by atoms with van der Waals surface area (Å²) >= 11 is 1.17. The highest BCUT2D eigenvalue weighted by Gasteiger charge is 2.28. The predicted octanol–water partition coefficient (Wildman–Crippen LogP) is 3.15. The fraction of sp³-hybridized carbons (Fsp3) is 0.750. The van der Waals surface area contributed by atoms with Gasteiger partial charge in [0.2, 0.25) is 11.8 Å². The first-order valence-corrected chi connectivity index (χ1v) is 12.9. The molecule has 2 unspecified atom stereocenters. The number of likely N-dealkylation sites (N-methyl/N-ethyl adjacent to an activating group) is 1. The number of nitrogens with zero attached hydrogens (tertiary/aromatic N) is 2. The SMILES string of the molecule is CCCC.CCCCNCC(=O)NCC(=O)N(C)C(CC(O)c1nc(C(=O)OC)cs1)C(C)C. The Morgan fingerprint density at radius 2 is 1.79 bits per heavy atom. The Labute approximate surface area is 208 Å². The molecule has 2 amide bonds. The van der Waals surface area contributed by atoms with Crippen molar-refractivity contribution in [2.45, 2.75) is 78.9 Å². The lowest BCUT2D eigenvalue weighted by Crippen LogP contribution is -2.47. The van der Waals surface area contributed by atoms with E-state index in [2.05, 4.69) is 41.1 Å². The molecule has 1 rings (SSSR count). The summed E-state index contributed by atoms with van der Waals surface area (Å²) in [5.74, 6) is -0.957. The summed E-state index contributed by atoms with van der Waals surface area (Å²) in [5, 5.41) is 18.2. The highest BCUT2D eigenvalue weighted by Crippen LogP contribution is 2.27. The average molecular weight is 501 g/mol. The van der Waals surface area contributed by atoms with Gasteiger partial charge in [-0.2, -0.15) is 0 Å². The molecule has 0 aliphatic carbocycles. The molecule has 1 heterocycles. The van der Waals surface area contributed by atoms with E-state index in [1.807, 2.05) is 13.8 Å². The number of unbranched alkanes of at least 4 members (excludes halogenated alkanes) is 2. The summed E-state index contributed by atoms with van der Waals surface area (Å²) in [4.78, 5) is 41.6. The number of ether oxygens (including phenoxy) is 1. The summed E-state index contributed by atoms with van der Waals surface area (Å²) in [6, 6.07) is -0.266. The molecular weight excluding hydrogens is 456 g/mol. The second-order valence-corrected chi connectivity index (χ2v) is 9.33. The molecule has 0 saturated heterocycles. The van der Waals surface area contributed by atoms with Crippen molar-refractivity contribution >= 4 is 29.1 Å². The van der Waals surface area contributed by atoms with Crippen LogP contribution in [0.1, 0.15) is 88.3 Å². The van der Waals surface area contributed by atoms with E-state index in [0.29, 0.717) is 5.01 Å². The molecule has 0 spiro atoms. The van der Waals surface area contributed by atoms with E-state index in [1.165, 1.54) is 36.7 Å². The summed E-state index contributed by atoms with van der Waals surface area (Å²) in [6.07, 6.45) is 4.02. The van der Waals surface area contributed by atoms with Gasteiger partial charge in [0.15, 0.2) is 5.69 Å². The van der Waals surface area contributed by atoms with Gasteiger partial charge in [-0.05, 0) is 18.9 Å². The summed E-state index contributed by atoms with van der Waals surface area (Å²) in [6.45, 7) is 11.2. The molecule has 2 atom stereocenters. The molecule has 1 aromatic rings. The third-order valence-electron chi connectivity index (χ3n) is 5.26. The highest BCUT2D eigenvalue weighted by molar-refractivity contribution is 7.09. The number of thiazole rings is 1. The zero-order valence-corrected chi connectivity index (χ0v) is 22.7. The lowest BCUT2D eigenvalue weighted by Gasteiger charge is -2.32. The topological polar surface area (TPSA) is 121 Å². The van der Waals surface area contributed by atoms with Crippen molar-refractivity contribution in [1.82, 2.24) is 20.5 Å². The molecule has 0 aromatic carbocycles. The van der Waals surface area contributed by atoms with Crippen LogP contribution in [0.25, 0.3) is 0 Å². The van der Waals surface area contributed by atoms with Crippen LogP contribution in [-0.4, -0.2) is 72.6 Å². The smallest absolute Gasteiger partial charge is 0.357 e. The van der Waals surface area contributed by atoms with E-state index in [4.69, 9.17) is 0 Å². The number of esters is 1. The monoisotopic (exact) mass is 500 g/mol. The van der Waals surface area contributed by atoms with Crippen molar-refractivity contribution in [3.8, 4) is 0 Å². The highest BCUT2D eigenvalue weighted by atomic mass is 32.1. The molecule has 0 aliphatic heterocycles. The van der Waals surface area contributed by atoms with Crippen LogP contribution in [0, 0.1) is 5.92 Å². The standard InChI is InChI=1S/C20H34N4O5S.C4H10/c1-6-7-8-21-10-17(26)22-11-18(27)24(4)15(13(2)3)9-16(25)19-23-14(12-30-19)20(28)29-5;1-3-4-2/h12-13,15-16,21,25H,6-11H2,1-5H3,(H,22,26);3-4H2,1-2H3. The number of carbonyl (C=O) groups excluding carboxylic acids is 3. The third-order valence-corrected chi connectivity index (χ3v) is 6.20. The van der Waals surface area contributed by atoms with Crippen molar-refractivity contribution in [2.75, 3.05) is 33.8 Å². The van der Waals surface area contributed by atoms with Gasteiger partial charge >= 0.3 is 5.97 Å². The maximum atomic E-state index is 12.6. The van der Waals surface area contributed by atoms with Gasteiger partial charge in [-0.1, -0.05) is 53.9 Å². The molecule has 3 N–H and O–H groups in total. The number of rotatable bonds is 14. The third kappa shape index (κ3) is 12.4. The van der Waals surface area contributed by atoms with Crippen molar-refractivity contribution in [3.05, 3.63) is 16.1 Å². The van der Waals surface area contributed by atoms with Crippen LogP contribution in [-0.2, 0) is 14.3 Å². The zero-order chi connectivity index (χ0) is 26.1. The van der Waals surface area contributed by atoms with Crippen LogP contribution in [0.4, 0.5) is 0 Å². The minimum Gasteiger partial charge on any atom is -0.464 e. The lowest BCUT2D eigenvalue weighted by atomic mass is 9.96. The minimum atomic E-state index is -0.923. The van der Waals surface area contributed by atoms with Gasteiger partial charge in [-0.15, -0.1) is 11.3 Å². The number of nitrogens with one attached hydrogen (secondary N) is 2. The summed E-state index contributed by atoms with van der Waals surface area (Å²) in [5.41, 5.74) is 0.150. The molecule has 0 radical (unpaired) electrons. The Bertz CT molecular complexity index is 724. The summed E-state index contributed by atoms with van der Waals surface area (Å²) in [7, 11) is 2.93. The molecular formula is C24H44N4O5S. The second kappa shape index (κ2) is 18.3. The Kier molecular flexibility index (Phi) is 17.2. The van der Waals surface area contributed by atoms with Crippen LogP contribution >= 0.6 is 11.3 Å². The Morgan fingerprint density at radius 3 is 2.32 bits per heavy atom. The van der Waals surface area contributed by atoms with Gasteiger partial charge in [0.05, 0.1) is 20.2 Å². The van der Waals surface area contributed by atoms with Gasteiger partial charge in [-0.3, -0.25) is 9.59 Å². The van der Waals surface area contributed by atoms with Crippen LogP contribution < -0.4 is 10.6 Å². The predicted molar refractivity (Wildman–Crippen MR) is 136 cm³/mol. The molecule has 9 nitrogen and oxygen atoms in total. The van der Waals surface area contributed by atoms with Crippen LogP contribution in [0.15, 0.2) is 5.38 Å². The summed E-state index contributed by atoms with van der Waals surface area (Å²) < 4.78 is 4.63. The number of hydrogen-bond donors (Lipinski definition) is 3.